The summed E-state index contributed by atoms with van der Waals surface area (Å²) in [5, 5.41) is 2.85. The van der Waals surface area contributed by atoms with E-state index in [1.165, 1.54) is 12.8 Å². The van der Waals surface area contributed by atoms with Gasteiger partial charge in [-0.2, -0.15) is 0 Å². The lowest BCUT2D eigenvalue weighted by Gasteiger charge is -2.09. The molecule has 0 aliphatic carbocycles. The van der Waals surface area contributed by atoms with Gasteiger partial charge < -0.3 is 10.1 Å². The van der Waals surface area contributed by atoms with Gasteiger partial charge in [-0.3, -0.25) is 4.79 Å². The highest BCUT2D eigenvalue weighted by Crippen LogP contribution is 2.16. The van der Waals surface area contributed by atoms with E-state index in [0.717, 1.165) is 24.5 Å². The number of carbonyl (C=O) groups is 1. The number of amides is 1. The fraction of sp³-hybridized carbons (Fsp3) is 0.533. The molecule has 0 bridgehead atoms. The van der Waals surface area contributed by atoms with Gasteiger partial charge in [-0.25, -0.2) is 0 Å². The summed E-state index contributed by atoms with van der Waals surface area (Å²) in [7, 11) is 0. The highest BCUT2D eigenvalue weighted by atomic mass is 16.5. The lowest BCUT2D eigenvalue weighted by Crippen LogP contribution is -2.17. The summed E-state index contributed by atoms with van der Waals surface area (Å²) >= 11 is 0. The van der Waals surface area contributed by atoms with E-state index in [0.29, 0.717) is 0 Å². The second-order valence-electron chi connectivity index (χ2n) is 4.72. The van der Waals surface area contributed by atoms with Gasteiger partial charge in [-0.05, 0) is 30.7 Å². The molecule has 0 saturated heterocycles. The van der Waals surface area contributed by atoms with E-state index in [1.54, 1.807) is 0 Å². The zero-order valence-electron chi connectivity index (χ0n) is 11.5. The third kappa shape index (κ3) is 5.21. The standard InChI is InChI=1S/C15H23NO2/c1-4-5-6-11-18-14-9-7-13(8-10-14)16-15(17)12(2)3/h7-10,12H,4-6,11H2,1-3H3,(H,16,17). The molecule has 1 aromatic carbocycles. The van der Waals surface area contributed by atoms with Crippen LogP contribution in [0.5, 0.6) is 5.75 Å². The maximum atomic E-state index is 11.5. The van der Waals surface area contributed by atoms with Crippen molar-refractivity contribution in [2.75, 3.05) is 11.9 Å². The van der Waals surface area contributed by atoms with Gasteiger partial charge in [0.05, 0.1) is 6.61 Å². The van der Waals surface area contributed by atoms with Crippen LogP contribution in [-0.2, 0) is 4.79 Å². The largest absolute Gasteiger partial charge is 0.494 e. The second kappa shape index (κ2) is 7.75. The van der Waals surface area contributed by atoms with E-state index in [4.69, 9.17) is 4.74 Å². The van der Waals surface area contributed by atoms with Crippen molar-refractivity contribution in [3.63, 3.8) is 0 Å². The Morgan fingerprint density at radius 2 is 1.89 bits per heavy atom. The Morgan fingerprint density at radius 3 is 2.44 bits per heavy atom. The lowest BCUT2D eigenvalue weighted by atomic mass is 10.2. The molecule has 0 saturated carbocycles. The van der Waals surface area contributed by atoms with E-state index in [1.807, 2.05) is 38.1 Å². The Hall–Kier alpha value is -1.51. The maximum absolute atomic E-state index is 11.5. The van der Waals surface area contributed by atoms with Crippen molar-refractivity contribution in [3.8, 4) is 5.75 Å². The highest BCUT2D eigenvalue weighted by Gasteiger charge is 2.06. The van der Waals surface area contributed by atoms with Gasteiger partial charge in [-0.1, -0.05) is 33.6 Å². The van der Waals surface area contributed by atoms with Gasteiger partial charge in [0.25, 0.3) is 0 Å². The van der Waals surface area contributed by atoms with Crippen LogP contribution in [0.3, 0.4) is 0 Å². The third-order valence-electron chi connectivity index (χ3n) is 2.66. The average molecular weight is 249 g/mol. The first kappa shape index (κ1) is 14.6. The molecule has 0 fully saturated rings. The monoisotopic (exact) mass is 249 g/mol. The molecule has 0 aliphatic rings. The fourth-order valence-corrected chi connectivity index (χ4v) is 1.46. The molecule has 0 atom stereocenters. The third-order valence-corrected chi connectivity index (χ3v) is 2.66. The van der Waals surface area contributed by atoms with Gasteiger partial charge in [0.2, 0.25) is 5.91 Å². The lowest BCUT2D eigenvalue weighted by molar-refractivity contribution is -0.118. The minimum atomic E-state index is -0.00466. The molecule has 0 radical (unpaired) electrons. The van der Waals surface area contributed by atoms with Crippen molar-refractivity contribution in [3.05, 3.63) is 24.3 Å². The molecule has 1 aromatic rings. The van der Waals surface area contributed by atoms with Gasteiger partial charge >= 0.3 is 0 Å². The van der Waals surface area contributed by atoms with Gasteiger partial charge in [0.1, 0.15) is 5.75 Å². The quantitative estimate of drug-likeness (QED) is 0.745. The molecule has 3 heteroatoms. The number of benzene rings is 1. The van der Waals surface area contributed by atoms with Crippen LogP contribution in [0.2, 0.25) is 0 Å². The molecule has 0 aliphatic heterocycles. The summed E-state index contributed by atoms with van der Waals surface area (Å²) in [6.45, 7) is 6.68. The van der Waals surface area contributed by atoms with Crippen molar-refractivity contribution in [1.29, 1.82) is 0 Å². The van der Waals surface area contributed by atoms with Crippen molar-refractivity contribution in [1.82, 2.24) is 0 Å². The van der Waals surface area contributed by atoms with Crippen LogP contribution in [0.4, 0.5) is 5.69 Å². The summed E-state index contributed by atoms with van der Waals surface area (Å²) in [4.78, 5) is 11.5. The van der Waals surface area contributed by atoms with Crippen molar-refractivity contribution >= 4 is 11.6 Å². The number of unbranched alkanes of at least 4 members (excludes halogenated alkanes) is 2. The average Bonchev–Trinajstić information content (AvgIpc) is 2.36. The molecule has 0 aromatic heterocycles. The first-order chi connectivity index (χ1) is 8.63. The Morgan fingerprint density at radius 1 is 1.22 bits per heavy atom. The van der Waals surface area contributed by atoms with Crippen molar-refractivity contribution in [2.24, 2.45) is 5.92 Å². The Bertz CT molecular complexity index is 357. The van der Waals surface area contributed by atoms with E-state index < -0.39 is 0 Å². The van der Waals surface area contributed by atoms with Gasteiger partial charge in [-0.15, -0.1) is 0 Å². The molecule has 18 heavy (non-hydrogen) atoms. The molecule has 100 valence electrons. The molecule has 3 nitrogen and oxygen atoms in total. The van der Waals surface area contributed by atoms with Crippen LogP contribution in [0, 0.1) is 5.92 Å². The zero-order chi connectivity index (χ0) is 13.4. The molecule has 1 N–H and O–H groups in total. The van der Waals surface area contributed by atoms with Crippen LogP contribution in [0.25, 0.3) is 0 Å². The highest BCUT2D eigenvalue weighted by molar-refractivity contribution is 5.92. The predicted molar refractivity (Wildman–Crippen MR) is 74.9 cm³/mol. The number of ether oxygens (including phenoxy) is 1. The SMILES string of the molecule is CCCCCOc1ccc(NC(=O)C(C)C)cc1. The van der Waals surface area contributed by atoms with Crippen LogP contribution in [0.15, 0.2) is 24.3 Å². The van der Waals surface area contributed by atoms with E-state index >= 15 is 0 Å². The van der Waals surface area contributed by atoms with E-state index in [2.05, 4.69) is 12.2 Å². The normalized spacial score (nSPS) is 10.4. The number of nitrogens with one attached hydrogen (secondary N) is 1. The summed E-state index contributed by atoms with van der Waals surface area (Å²) in [6.07, 6.45) is 3.48. The van der Waals surface area contributed by atoms with Crippen LogP contribution >= 0.6 is 0 Å². The summed E-state index contributed by atoms with van der Waals surface area (Å²) < 4.78 is 5.60. The first-order valence-electron chi connectivity index (χ1n) is 6.67. The maximum Gasteiger partial charge on any atom is 0.226 e. The van der Waals surface area contributed by atoms with Crippen molar-refractivity contribution in [2.45, 2.75) is 40.0 Å². The Labute approximate surface area is 110 Å². The topological polar surface area (TPSA) is 38.3 Å². The molecule has 0 unspecified atom stereocenters. The van der Waals surface area contributed by atoms with Crippen molar-refractivity contribution < 1.29 is 9.53 Å². The minimum Gasteiger partial charge on any atom is -0.494 e. The van der Waals surface area contributed by atoms with Crippen LogP contribution < -0.4 is 10.1 Å². The minimum absolute atomic E-state index is 0.00466. The number of hydrogen-bond donors (Lipinski definition) is 1. The smallest absolute Gasteiger partial charge is 0.226 e. The molecule has 1 amide bonds. The molecular formula is C15H23NO2. The fourth-order valence-electron chi connectivity index (χ4n) is 1.46. The first-order valence-corrected chi connectivity index (χ1v) is 6.67. The van der Waals surface area contributed by atoms with E-state index in [9.17, 15) is 4.79 Å². The number of anilines is 1. The summed E-state index contributed by atoms with van der Waals surface area (Å²) in [6, 6.07) is 7.52. The van der Waals surface area contributed by atoms with Crippen LogP contribution in [0.1, 0.15) is 40.0 Å². The number of hydrogen-bond acceptors (Lipinski definition) is 2. The number of rotatable bonds is 7. The molecule has 1 rings (SSSR count). The number of carbonyl (C=O) groups excluding carboxylic acids is 1. The molecular weight excluding hydrogens is 226 g/mol. The second-order valence-corrected chi connectivity index (χ2v) is 4.72. The Kier molecular flexibility index (Phi) is 6.26. The van der Waals surface area contributed by atoms with Gasteiger partial charge in [0, 0.05) is 11.6 Å². The van der Waals surface area contributed by atoms with E-state index in [-0.39, 0.29) is 11.8 Å². The Balaban J connectivity index is 2.40. The molecule has 0 spiro atoms. The predicted octanol–water partition coefficient (Wildman–Crippen LogP) is 3.85. The van der Waals surface area contributed by atoms with Crippen LogP contribution in [-0.4, -0.2) is 12.5 Å². The zero-order valence-corrected chi connectivity index (χ0v) is 11.5. The summed E-state index contributed by atoms with van der Waals surface area (Å²) in [5.41, 5.74) is 0.814. The summed E-state index contributed by atoms with van der Waals surface area (Å²) in [5.74, 6) is 0.884. The van der Waals surface area contributed by atoms with Gasteiger partial charge in [0.15, 0.2) is 0 Å². The molecule has 0 heterocycles.